The molecule has 0 unspecified atom stereocenters. The van der Waals surface area contributed by atoms with Gasteiger partial charge in [0.25, 0.3) is 6.43 Å². The van der Waals surface area contributed by atoms with Crippen molar-refractivity contribution in [2.24, 2.45) is 0 Å². The number of nitrogens with zero attached hydrogens (tertiary/aromatic N) is 4. The van der Waals surface area contributed by atoms with Crippen LogP contribution in [0.1, 0.15) is 12.1 Å². The number of hydrogen-bond donors (Lipinski definition) is 0. The van der Waals surface area contributed by atoms with Crippen LogP contribution < -0.4 is 0 Å². The van der Waals surface area contributed by atoms with E-state index in [0.29, 0.717) is 22.2 Å². The van der Waals surface area contributed by atoms with Crippen molar-refractivity contribution in [1.29, 1.82) is 0 Å². The van der Waals surface area contributed by atoms with Gasteiger partial charge in [-0.2, -0.15) is 0 Å². The molecule has 0 spiro atoms. The SMILES string of the molecule is FC(F)c1cn2c(-c3cccc(Cl)n3)cnc2cn1. The summed E-state index contributed by atoms with van der Waals surface area (Å²) in [7, 11) is 0. The lowest BCUT2D eigenvalue weighted by atomic mass is 10.3. The van der Waals surface area contributed by atoms with Crippen molar-refractivity contribution < 1.29 is 8.78 Å². The molecule has 19 heavy (non-hydrogen) atoms. The molecule has 7 heteroatoms. The third-order valence-electron chi connectivity index (χ3n) is 2.62. The summed E-state index contributed by atoms with van der Waals surface area (Å²) < 4.78 is 26.9. The summed E-state index contributed by atoms with van der Waals surface area (Å²) in [6, 6.07) is 5.11. The molecule has 0 saturated heterocycles. The molecule has 0 saturated carbocycles. The van der Waals surface area contributed by atoms with E-state index in [1.54, 1.807) is 24.4 Å². The highest BCUT2D eigenvalue weighted by molar-refractivity contribution is 6.29. The fourth-order valence-electron chi connectivity index (χ4n) is 1.76. The first-order valence-corrected chi connectivity index (χ1v) is 5.77. The molecule has 0 fully saturated rings. The van der Waals surface area contributed by atoms with Gasteiger partial charge in [0.05, 0.1) is 23.8 Å². The number of imidazole rings is 1. The average molecular weight is 281 g/mol. The number of alkyl halides is 2. The van der Waals surface area contributed by atoms with Crippen LogP contribution in [0.15, 0.2) is 36.8 Å². The molecule has 0 radical (unpaired) electrons. The molecule has 96 valence electrons. The Bertz CT molecular complexity index is 741. The van der Waals surface area contributed by atoms with Gasteiger partial charge in [-0.25, -0.2) is 23.7 Å². The number of halogens is 3. The maximum absolute atomic E-state index is 12.7. The van der Waals surface area contributed by atoms with E-state index in [1.807, 2.05) is 0 Å². The first-order valence-electron chi connectivity index (χ1n) is 5.39. The molecular weight excluding hydrogens is 274 g/mol. The van der Waals surface area contributed by atoms with Crippen molar-refractivity contribution in [3.8, 4) is 11.4 Å². The van der Waals surface area contributed by atoms with Gasteiger partial charge in [0.2, 0.25) is 0 Å². The van der Waals surface area contributed by atoms with E-state index in [1.165, 1.54) is 16.8 Å². The molecule has 3 rings (SSSR count). The summed E-state index contributed by atoms with van der Waals surface area (Å²) in [6.07, 6.45) is 1.47. The van der Waals surface area contributed by atoms with Gasteiger partial charge in [-0.1, -0.05) is 17.7 Å². The Morgan fingerprint density at radius 2 is 2.00 bits per heavy atom. The molecule has 0 aromatic carbocycles. The summed E-state index contributed by atoms with van der Waals surface area (Å²) in [5.41, 5.74) is 1.31. The van der Waals surface area contributed by atoms with Crippen molar-refractivity contribution in [2.75, 3.05) is 0 Å². The summed E-state index contributed by atoms with van der Waals surface area (Å²) in [4.78, 5) is 11.9. The van der Waals surface area contributed by atoms with E-state index >= 15 is 0 Å². The molecule has 3 aromatic heterocycles. The largest absolute Gasteiger partial charge is 0.295 e. The Kier molecular flexibility index (Phi) is 2.87. The van der Waals surface area contributed by atoms with Gasteiger partial charge in [0.15, 0.2) is 5.65 Å². The normalized spacial score (nSPS) is 11.4. The summed E-state index contributed by atoms with van der Waals surface area (Å²) in [6.45, 7) is 0. The molecule has 0 N–H and O–H groups in total. The lowest BCUT2D eigenvalue weighted by Gasteiger charge is -2.03. The summed E-state index contributed by atoms with van der Waals surface area (Å²) >= 11 is 5.82. The van der Waals surface area contributed by atoms with Crippen LogP contribution in [0.5, 0.6) is 0 Å². The van der Waals surface area contributed by atoms with Crippen LogP contribution in [-0.2, 0) is 0 Å². The molecule has 0 atom stereocenters. The number of hydrogen-bond acceptors (Lipinski definition) is 3. The first kappa shape index (κ1) is 12.0. The Morgan fingerprint density at radius 1 is 1.16 bits per heavy atom. The minimum atomic E-state index is -2.63. The van der Waals surface area contributed by atoms with Crippen molar-refractivity contribution >= 4 is 17.2 Å². The zero-order valence-electron chi connectivity index (χ0n) is 9.46. The van der Waals surface area contributed by atoms with Crippen molar-refractivity contribution in [3.63, 3.8) is 0 Å². The molecule has 0 amide bonds. The van der Waals surface area contributed by atoms with Gasteiger partial charge in [0.1, 0.15) is 10.8 Å². The second kappa shape index (κ2) is 4.55. The smallest absolute Gasteiger partial charge is 0.281 e. The Labute approximate surface area is 111 Å². The maximum atomic E-state index is 12.7. The van der Waals surface area contributed by atoms with Gasteiger partial charge in [-0.15, -0.1) is 0 Å². The van der Waals surface area contributed by atoms with E-state index in [-0.39, 0.29) is 5.69 Å². The second-order valence-corrected chi connectivity index (χ2v) is 4.22. The van der Waals surface area contributed by atoms with Gasteiger partial charge >= 0.3 is 0 Å². The lowest BCUT2D eigenvalue weighted by Crippen LogP contribution is -1.97. The van der Waals surface area contributed by atoms with Crippen LogP contribution in [0.3, 0.4) is 0 Å². The molecule has 0 bridgehead atoms. The minimum Gasteiger partial charge on any atom is -0.295 e. The summed E-state index contributed by atoms with van der Waals surface area (Å²) in [5, 5.41) is 0.329. The zero-order chi connectivity index (χ0) is 13.4. The van der Waals surface area contributed by atoms with Gasteiger partial charge < -0.3 is 0 Å². The molecule has 0 aliphatic heterocycles. The van der Waals surface area contributed by atoms with Crippen molar-refractivity contribution in [2.45, 2.75) is 6.43 Å². The Hall–Kier alpha value is -2.08. The molecule has 4 nitrogen and oxygen atoms in total. The predicted octanol–water partition coefficient (Wildman–Crippen LogP) is 3.38. The van der Waals surface area contributed by atoms with E-state index < -0.39 is 6.43 Å². The standard InChI is InChI=1S/C12H7ClF2N4/c13-10-3-1-2-7(18-10)9-4-17-11-5-16-8(12(14)15)6-19(9)11/h1-6,12H. The third kappa shape index (κ3) is 2.15. The number of rotatable bonds is 2. The molecule has 0 aliphatic carbocycles. The van der Waals surface area contributed by atoms with E-state index in [0.717, 1.165) is 0 Å². The van der Waals surface area contributed by atoms with E-state index in [4.69, 9.17) is 11.6 Å². The predicted molar refractivity (Wildman–Crippen MR) is 66.2 cm³/mol. The summed E-state index contributed by atoms with van der Waals surface area (Å²) in [5.74, 6) is 0. The van der Waals surface area contributed by atoms with Crippen molar-refractivity contribution in [1.82, 2.24) is 19.4 Å². The monoisotopic (exact) mass is 280 g/mol. The van der Waals surface area contributed by atoms with Crippen molar-refractivity contribution in [3.05, 3.63) is 47.6 Å². The lowest BCUT2D eigenvalue weighted by molar-refractivity contribution is 0.145. The molecule has 0 aliphatic rings. The van der Waals surface area contributed by atoms with Gasteiger partial charge in [-0.05, 0) is 12.1 Å². The number of fused-ring (bicyclic) bond motifs is 1. The average Bonchev–Trinajstić information content (AvgIpc) is 2.81. The quantitative estimate of drug-likeness (QED) is 0.676. The maximum Gasteiger partial charge on any atom is 0.281 e. The van der Waals surface area contributed by atoms with Crippen LogP contribution in [0.4, 0.5) is 8.78 Å². The minimum absolute atomic E-state index is 0.311. The fraction of sp³-hybridized carbons (Fsp3) is 0.0833. The number of pyridine rings is 1. The molecular formula is C12H7ClF2N4. The fourth-order valence-corrected chi connectivity index (χ4v) is 1.92. The highest BCUT2D eigenvalue weighted by atomic mass is 35.5. The van der Waals surface area contributed by atoms with Crippen LogP contribution in [0.2, 0.25) is 5.15 Å². The van der Waals surface area contributed by atoms with E-state index in [9.17, 15) is 8.78 Å². The highest BCUT2D eigenvalue weighted by Crippen LogP contribution is 2.22. The first-order chi connectivity index (χ1) is 9.15. The van der Waals surface area contributed by atoms with Crippen LogP contribution >= 0.6 is 11.6 Å². The Morgan fingerprint density at radius 3 is 2.74 bits per heavy atom. The van der Waals surface area contributed by atoms with Gasteiger partial charge in [-0.3, -0.25) is 4.40 Å². The zero-order valence-corrected chi connectivity index (χ0v) is 10.2. The van der Waals surface area contributed by atoms with Crippen LogP contribution in [-0.4, -0.2) is 19.4 Å². The third-order valence-corrected chi connectivity index (χ3v) is 2.83. The molecule has 3 heterocycles. The van der Waals surface area contributed by atoms with Crippen LogP contribution in [0, 0.1) is 0 Å². The highest BCUT2D eigenvalue weighted by Gasteiger charge is 2.13. The van der Waals surface area contributed by atoms with Gasteiger partial charge in [0, 0.05) is 6.20 Å². The number of aromatic nitrogens is 4. The molecule has 3 aromatic rings. The Balaban J connectivity index is 2.21. The van der Waals surface area contributed by atoms with Crippen LogP contribution in [0.25, 0.3) is 17.0 Å². The van der Waals surface area contributed by atoms with E-state index in [2.05, 4.69) is 15.0 Å². The topological polar surface area (TPSA) is 43.1 Å². The second-order valence-electron chi connectivity index (χ2n) is 3.83.